The van der Waals surface area contributed by atoms with Gasteiger partial charge in [0.2, 0.25) is 17.7 Å². The van der Waals surface area contributed by atoms with Gasteiger partial charge in [0, 0.05) is 20.2 Å². The lowest BCUT2D eigenvalue weighted by molar-refractivity contribution is -0.144. The average Bonchev–Trinajstić information content (AvgIpc) is 3.60. The van der Waals surface area contributed by atoms with Crippen LogP contribution in [0.3, 0.4) is 0 Å². The number of hydrogen-bond donors (Lipinski definition) is 2. The van der Waals surface area contributed by atoms with Gasteiger partial charge in [-0.2, -0.15) is 0 Å². The fraction of sp³-hybridized carbons (Fsp3) is 0.870. The molecule has 0 aromatic heterocycles. The van der Waals surface area contributed by atoms with Gasteiger partial charge in [0.15, 0.2) is 0 Å². The molecule has 1 spiro atoms. The normalized spacial score (nSPS) is 32.5. The molecule has 1 aliphatic heterocycles. The fourth-order valence-corrected chi connectivity index (χ4v) is 5.99. The van der Waals surface area contributed by atoms with E-state index in [1.165, 1.54) is 13.5 Å². The summed E-state index contributed by atoms with van der Waals surface area (Å²) in [5.41, 5.74) is 5.82. The lowest BCUT2D eigenvalue weighted by Crippen LogP contribution is -2.59. The SMILES string of the molecule is CCC(C)C(C(CC(N)=O)OC)N(C)C(=O)C(NC(=O)C1C2CC23CC3N1C)C(C)C. The average molecular weight is 437 g/mol. The zero-order valence-electron chi connectivity index (χ0n) is 20.1. The molecule has 0 aromatic carbocycles. The summed E-state index contributed by atoms with van der Waals surface area (Å²) < 4.78 is 5.58. The first-order chi connectivity index (χ1) is 14.5. The Bertz CT molecular complexity index is 726. The first kappa shape index (κ1) is 24.0. The number of hydrogen-bond acceptors (Lipinski definition) is 5. The van der Waals surface area contributed by atoms with E-state index in [4.69, 9.17) is 10.5 Å². The number of primary amides is 1. The van der Waals surface area contributed by atoms with Crippen LogP contribution in [0.15, 0.2) is 0 Å². The molecule has 2 saturated carbocycles. The highest BCUT2D eigenvalue weighted by atomic mass is 16.5. The van der Waals surface area contributed by atoms with Crippen molar-refractivity contribution in [3.63, 3.8) is 0 Å². The van der Waals surface area contributed by atoms with E-state index in [1.807, 2.05) is 34.7 Å². The molecule has 0 bridgehead atoms. The van der Waals surface area contributed by atoms with E-state index in [1.54, 1.807) is 11.9 Å². The summed E-state index contributed by atoms with van der Waals surface area (Å²) in [4.78, 5) is 42.2. The maximum atomic E-state index is 13.6. The number of likely N-dealkylation sites (tertiary alicyclic amines) is 1. The van der Waals surface area contributed by atoms with Crippen LogP contribution in [0.5, 0.6) is 0 Å². The van der Waals surface area contributed by atoms with Crippen LogP contribution >= 0.6 is 0 Å². The van der Waals surface area contributed by atoms with Crippen LogP contribution in [-0.2, 0) is 19.1 Å². The summed E-state index contributed by atoms with van der Waals surface area (Å²) in [6.45, 7) is 7.97. The Labute approximate surface area is 186 Å². The van der Waals surface area contributed by atoms with Crippen LogP contribution in [0.25, 0.3) is 0 Å². The molecule has 3 amide bonds. The van der Waals surface area contributed by atoms with E-state index >= 15 is 0 Å². The number of nitrogens with zero attached hydrogens (tertiary/aromatic N) is 2. The van der Waals surface area contributed by atoms with Crippen molar-refractivity contribution in [2.45, 2.75) is 83.6 Å². The number of nitrogens with one attached hydrogen (secondary N) is 1. The molecular weight excluding hydrogens is 396 g/mol. The van der Waals surface area contributed by atoms with E-state index in [2.05, 4.69) is 10.2 Å². The van der Waals surface area contributed by atoms with Crippen molar-refractivity contribution in [1.82, 2.24) is 15.1 Å². The molecule has 8 heteroatoms. The van der Waals surface area contributed by atoms with Crippen LogP contribution in [0.2, 0.25) is 0 Å². The second-order valence-corrected chi connectivity index (χ2v) is 10.4. The Balaban J connectivity index is 1.73. The minimum Gasteiger partial charge on any atom is -0.379 e. The number of carbonyl (C=O) groups excluding carboxylic acids is 3. The van der Waals surface area contributed by atoms with Crippen LogP contribution in [-0.4, -0.2) is 79.0 Å². The minimum atomic E-state index is -0.629. The smallest absolute Gasteiger partial charge is 0.245 e. The monoisotopic (exact) mass is 436 g/mol. The number of carbonyl (C=O) groups is 3. The predicted molar refractivity (Wildman–Crippen MR) is 118 cm³/mol. The number of methoxy groups -OCH3 is 1. The molecule has 1 saturated heterocycles. The van der Waals surface area contributed by atoms with Gasteiger partial charge in [0.05, 0.1) is 24.6 Å². The zero-order valence-corrected chi connectivity index (χ0v) is 20.1. The fourth-order valence-electron chi connectivity index (χ4n) is 5.99. The molecule has 8 atom stereocenters. The van der Waals surface area contributed by atoms with E-state index in [0.29, 0.717) is 17.4 Å². The van der Waals surface area contributed by atoms with Gasteiger partial charge in [-0.3, -0.25) is 19.3 Å². The standard InChI is InChI=1S/C23H40N4O4/c1-8-13(4)19(15(31-7)9-17(24)28)27(6)22(30)18(12(2)3)25-21(29)20-14-10-23(14)11-16(23)26(20)5/h12-16,18-20H,8-11H2,1-7H3,(H2,24,28)(H,25,29). The molecule has 3 aliphatic rings. The molecule has 8 unspecified atom stereocenters. The van der Waals surface area contributed by atoms with Crippen LogP contribution in [0.1, 0.15) is 53.4 Å². The molecule has 1 heterocycles. The highest BCUT2D eigenvalue weighted by Gasteiger charge is 2.80. The number of nitrogens with two attached hydrogens (primary N) is 1. The molecule has 0 radical (unpaired) electrons. The lowest BCUT2D eigenvalue weighted by atomic mass is 9.90. The molecule has 3 fully saturated rings. The molecule has 2 aliphatic carbocycles. The van der Waals surface area contributed by atoms with Crippen molar-refractivity contribution in [3.05, 3.63) is 0 Å². The number of likely N-dealkylation sites (N-methyl/N-ethyl adjacent to an activating group) is 2. The first-order valence-corrected chi connectivity index (χ1v) is 11.6. The van der Waals surface area contributed by atoms with Gasteiger partial charge in [0.25, 0.3) is 0 Å². The Hall–Kier alpha value is -1.67. The van der Waals surface area contributed by atoms with Gasteiger partial charge >= 0.3 is 0 Å². The van der Waals surface area contributed by atoms with E-state index in [0.717, 1.165) is 12.8 Å². The number of ether oxygens (including phenoxy) is 1. The molecular formula is C23H40N4O4. The largest absolute Gasteiger partial charge is 0.379 e. The lowest BCUT2D eigenvalue weighted by Gasteiger charge is -2.40. The Morgan fingerprint density at radius 2 is 1.90 bits per heavy atom. The topological polar surface area (TPSA) is 105 Å². The number of rotatable bonds is 11. The maximum Gasteiger partial charge on any atom is 0.245 e. The molecule has 8 nitrogen and oxygen atoms in total. The second-order valence-electron chi connectivity index (χ2n) is 10.4. The Morgan fingerprint density at radius 1 is 1.26 bits per heavy atom. The van der Waals surface area contributed by atoms with Crippen molar-refractivity contribution in [2.24, 2.45) is 28.9 Å². The van der Waals surface area contributed by atoms with Crippen LogP contribution in [0.4, 0.5) is 0 Å². The van der Waals surface area contributed by atoms with Gasteiger partial charge in [-0.25, -0.2) is 0 Å². The quantitative estimate of drug-likeness (QED) is 0.502. The third-order valence-electron chi connectivity index (χ3n) is 8.17. The second kappa shape index (κ2) is 8.70. The van der Waals surface area contributed by atoms with Crippen molar-refractivity contribution < 1.29 is 19.1 Å². The van der Waals surface area contributed by atoms with Gasteiger partial charge in [-0.05, 0) is 43.1 Å². The van der Waals surface area contributed by atoms with Crippen LogP contribution in [0, 0.1) is 23.2 Å². The van der Waals surface area contributed by atoms with Gasteiger partial charge in [-0.1, -0.05) is 34.1 Å². The Morgan fingerprint density at radius 3 is 2.35 bits per heavy atom. The van der Waals surface area contributed by atoms with Gasteiger partial charge < -0.3 is 20.7 Å². The summed E-state index contributed by atoms with van der Waals surface area (Å²) in [6, 6.07) is -0.544. The number of amides is 3. The molecule has 3 rings (SSSR count). The zero-order chi connectivity index (χ0) is 23.2. The van der Waals surface area contributed by atoms with Crippen molar-refractivity contribution in [2.75, 3.05) is 21.2 Å². The molecule has 31 heavy (non-hydrogen) atoms. The Kier molecular flexibility index (Phi) is 6.73. The van der Waals surface area contributed by atoms with E-state index < -0.39 is 18.1 Å². The summed E-state index contributed by atoms with van der Waals surface area (Å²) in [5, 5.41) is 3.07. The van der Waals surface area contributed by atoms with Crippen molar-refractivity contribution >= 4 is 17.7 Å². The van der Waals surface area contributed by atoms with Gasteiger partial charge in [0.1, 0.15) is 6.04 Å². The summed E-state index contributed by atoms with van der Waals surface area (Å²) >= 11 is 0. The summed E-state index contributed by atoms with van der Waals surface area (Å²) in [7, 11) is 5.30. The van der Waals surface area contributed by atoms with Crippen LogP contribution < -0.4 is 11.1 Å². The summed E-state index contributed by atoms with van der Waals surface area (Å²) in [5.74, 6) is -0.196. The maximum absolute atomic E-state index is 13.6. The van der Waals surface area contributed by atoms with Crippen molar-refractivity contribution in [3.8, 4) is 0 Å². The minimum absolute atomic E-state index is 0.0415. The predicted octanol–water partition coefficient (Wildman–Crippen LogP) is 0.983. The highest BCUT2D eigenvalue weighted by molar-refractivity contribution is 5.91. The third-order valence-corrected chi connectivity index (χ3v) is 8.17. The highest BCUT2D eigenvalue weighted by Crippen LogP contribution is 2.78. The molecule has 0 aromatic rings. The van der Waals surface area contributed by atoms with E-state index in [9.17, 15) is 14.4 Å². The van der Waals surface area contributed by atoms with E-state index in [-0.39, 0.29) is 42.2 Å². The third kappa shape index (κ3) is 4.21. The number of piperidine rings is 2. The van der Waals surface area contributed by atoms with Crippen molar-refractivity contribution in [1.29, 1.82) is 0 Å². The summed E-state index contributed by atoms with van der Waals surface area (Å²) in [6.07, 6.45) is 2.71. The van der Waals surface area contributed by atoms with Gasteiger partial charge in [-0.15, -0.1) is 0 Å². The molecule has 176 valence electrons. The molecule has 3 N–H and O–H groups in total. The first-order valence-electron chi connectivity index (χ1n) is 11.6.